The fraction of sp³-hybridized carbons (Fsp3) is 0.467. The van der Waals surface area contributed by atoms with E-state index < -0.39 is 22.7 Å². The van der Waals surface area contributed by atoms with Crippen molar-refractivity contribution in [3.05, 3.63) is 33.9 Å². The Morgan fingerprint density at radius 2 is 1.91 bits per heavy atom. The van der Waals surface area contributed by atoms with E-state index in [9.17, 15) is 24.8 Å². The lowest BCUT2D eigenvalue weighted by molar-refractivity contribution is -0.385. The van der Waals surface area contributed by atoms with Crippen molar-refractivity contribution >= 4 is 23.3 Å². The van der Waals surface area contributed by atoms with E-state index in [1.807, 2.05) is 0 Å². The first-order valence-corrected chi connectivity index (χ1v) is 7.19. The van der Waals surface area contributed by atoms with Crippen LogP contribution in [0.3, 0.4) is 0 Å². The molecule has 2 rings (SSSR count). The molecular weight excluding hydrogens is 288 g/mol. The van der Waals surface area contributed by atoms with Crippen LogP contribution in [0.1, 0.15) is 31.2 Å². The van der Waals surface area contributed by atoms with Crippen LogP contribution in [0.2, 0.25) is 0 Å². The summed E-state index contributed by atoms with van der Waals surface area (Å²) in [6.45, 7) is 1.62. The van der Waals surface area contributed by atoms with Crippen LogP contribution in [-0.2, 0) is 9.59 Å². The Bertz CT molecular complexity index is 614. The molecule has 1 aliphatic rings. The third-order valence-electron chi connectivity index (χ3n) is 4.09. The van der Waals surface area contributed by atoms with Crippen LogP contribution in [0.5, 0.6) is 0 Å². The van der Waals surface area contributed by atoms with Gasteiger partial charge in [-0.3, -0.25) is 19.7 Å². The number of nitrogens with one attached hydrogen (secondary N) is 1. The SMILES string of the molecule is Cc1ccc(NC(=O)[C@@H]2CCCC[C@@H]2C(=O)O)cc1[N+](=O)[O-]. The van der Waals surface area contributed by atoms with Gasteiger partial charge in [0.2, 0.25) is 5.91 Å². The molecule has 0 unspecified atom stereocenters. The van der Waals surface area contributed by atoms with Crippen molar-refractivity contribution in [2.45, 2.75) is 32.6 Å². The van der Waals surface area contributed by atoms with Gasteiger partial charge in [0.15, 0.2) is 0 Å². The molecule has 7 nitrogen and oxygen atoms in total. The van der Waals surface area contributed by atoms with E-state index >= 15 is 0 Å². The predicted molar refractivity (Wildman–Crippen MR) is 79.5 cm³/mol. The number of carbonyl (C=O) groups excluding carboxylic acids is 1. The average molecular weight is 306 g/mol. The van der Waals surface area contributed by atoms with Crippen LogP contribution in [-0.4, -0.2) is 21.9 Å². The van der Waals surface area contributed by atoms with E-state index in [-0.39, 0.29) is 11.6 Å². The Morgan fingerprint density at radius 3 is 2.50 bits per heavy atom. The highest BCUT2D eigenvalue weighted by molar-refractivity contribution is 5.95. The largest absolute Gasteiger partial charge is 0.481 e. The number of aliphatic carboxylic acids is 1. The second kappa shape index (κ2) is 6.55. The molecule has 1 aromatic rings. The zero-order valence-corrected chi connectivity index (χ0v) is 12.2. The van der Waals surface area contributed by atoms with Gasteiger partial charge in [0, 0.05) is 17.3 Å². The Labute approximate surface area is 127 Å². The van der Waals surface area contributed by atoms with Crippen molar-refractivity contribution in [2.75, 3.05) is 5.32 Å². The van der Waals surface area contributed by atoms with Gasteiger partial charge in [-0.1, -0.05) is 18.9 Å². The second-order valence-electron chi connectivity index (χ2n) is 5.58. The summed E-state index contributed by atoms with van der Waals surface area (Å²) in [7, 11) is 0. The number of hydrogen-bond acceptors (Lipinski definition) is 4. The van der Waals surface area contributed by atoms with Gasteiger partial charge in [-0.05, 0) is 25.8 Å². The molecule has 1 saturated carbocycles. The number of nitro groups is 1. The van der Waals surface area contributed by atoms with E-state index in [0.29, 0.717) is 24.1 Å². The van der Waals surface area contributed by atoms with Crippen LogP contribution in [0.15, 0.2) is 18.2 Å². The molecule has 7 heteroatoms. The van der Waals surface area contributed by atoms with E-state index in [1.54, 1.807) is 19.1 Å². The number of benzene rings is 1. The highest BCUT2D eigenvalue weighted by atomic mass is 16.6. The zero-order valence-electron chi connectivity index (χ0n) is 12.2. The highest BCUT2D eigenvalue weighted by Gasteiger charge is 2.35. The number of rotatable bonds is 4. The third-order valence-corrected chi connectivity index (χ3v) is 4.09. The fourth-order valence-corrected chi connectivity index (χ4v) is 2.86. The molecular formula is C15H18N2O5. The minimum atomic E-state index is -0.963. The molecule has 22 heavy (non-hydrogen) atoms. The lowest BCUT2D eigenvalue weighted by Crippen LogP contribution is -2.36. The normalized spacial score (nSPS) is 21.1. The molecule has 0 aliphatic heterocycles. The minimum absolute atomic E-state index is 0.0729. The van der Waals surface area contributed by atoms with Crippen LogP contribution >= 0.6 is 0 Å². The first-order chi connectivity index (χ1) is 10.4. The molecule has 2 N–H and O–H groups in total. The molecule has 1 fully saturated rings. The van der Waals surface area contributed by atoms with Gasteiger partial charge in [0.1, 0.15) is 0 Å². The molecule has 118 valence electrons. The van der Waals surface area contributed by atoms with Gasteiger partial charge in [0.25, 0.3) is 5.69 Å². The summed E-state index contributed by atoms with van der Waals surface area (Å²) in [5.74, 6) is -2.62. The second-order valence-corrected chi connectivity index (χ2v) is 5.58. The molecule has 1 aliphatic carbocycles. The van der Waals surface area contributed by atoms with Crippen LogP contribution in [0, 0.1) is 28.9 Å². The minimum Gasteiger partial charge on any atom is -0.481 e. The van der Waals surface area contributed by atoms with Gasteiger partial charge in [-0.15, -0.1) is 0 Å². The Kier molecular flexibility index (Phi) is 4.75. The van der Waals surface area contributed by atoms with Crippen molar-refractivity contribution in [1.82, 2.24) is 0 Å². The average Bonchev–Trinajstić information content (AvgIpc) is 2.48. The smallest absolute Gasteiger partial charge is 0.307 e. The van der Waals surface area contributed by atoms with Crippen molar-refractivity contribution in [3.8, 4) is 0 Å². The van der Waals surface area contributed by atoms with E-state index in [4.69, 9.17) is 0 Å². The number of carbonyl (C=O) groups is 2. The maximum atomic E-state index is 12.3. The first-order valence-electron chi connectivity index (χ1n) is 7.19. The summed E-state index contributed by atoms with van der Waals surface area (Å²) < 4.78 is 0. The van der Waals surface area contributed by atoms with Crippen LogP contribution in [0.4, 0.5) is 11.4 Å². The third kappa shape index (κ3) is 3.41. The number of nitro benzene ring substituents is 1. The quantitative estimate of drug-likeness (QED) is 0.656. The first kappa shape index (κ1) is 15.9. The number of nitrogens with zero attached hydrogens (tertiary/aromatic N) is 1. The highest BCUT2D eigenvalue weighted by Crippen LogP contribution is 2.31. The van der Waals surface area contributed by atoms with Gasteiger partial charge < -0.3 is 10.4 Å². The van der Waals surface area contributed by atoms with Gasteiger partial charge >= 0.3 is 5.97 Å². The summed E-state index contributed by atoms with van der Waals surface area (Å²) in [5, 5.41) is 22.7. The van der Waals surface area contributed by atoms with E-state index in [2.05, 4.69) is 5.32 Å². The maximum absolute atomic E-state index is 12.3. The van der Waals surface area contributed by atoms with Crippen molar-refractivity contribution < 1.29 is 19.6 Å². The molecule has 0 saturated heterocycles. The standard InChI is InChI=1S/C15H18N2O5/c1-9-6-7-10(8-13(9)17(21)22)16-14(18)11-4-2-3-5-12(11)15(19)20/h6-8,11-12H,2-5H2,1H3,(H,16,18)(H,19,20)/t11-,12+/m1/s1. The Morgan fingerprint density at radius 1 is 1.27 bits per heavy atom. The number of aryl methyl sites for hydroxylation is 1. The maximum Gasteiger partial charge on any atom is 0.307 e. The Hall–Kier alpha value is -2.44. The summed E-state index contributed by atoms with van der Waals surface area (Å²) >= 11 is 0. The molecule has 1 aromatic carbocycles. The summed E-state index contributed by atoms with van der Waals surface area (Å²) in [5.41, 5.74) is 0.748. The molecule has 0 radical (unpaired) electrons. The molecule has 0 heterocycles. The fourth-order valence-electron chi connectivity index (χ4n) is 2.86. The van der Waals surface area contributed by atoms with E-state index in [1.165, 1.54) is 6.07 Å². The molecule has 2 atom stereocenters. The number of carboxylic acid groups (broad SMARTS) is 1. The van der Waals surface area contributed by atoms with Crippen LogP contribution < -0.4 is 5.32 Å². The number of amides is 1. The lowest BCUT2D eigenvalue weighted by atomic mass is 9.78. The van der Waals surface area contributed by atoms with Gasteiger partial charge in [-0.2, -0.15) is 0 Å². The summed E-state index contributed by atoms with van der Waals surface area (Å²) in [6, 6.07) is 4.44. The van der Waals surface area contributed by atoms with Gasteiger partial charge in [-0.25, -0.2) is 0 Å². The van der Waals surface area contributed by atoms with Crippen LogP contribution in [0.25, 0.3) is 0 Å². The van der Waals surface area contributed by atoms with Crippen molar-refractivity contribution in [3.63, 3.8) is 0 Å². The topological polar surface area (TPSA) is 110 Å². The Balaban J connectivity index is 2.16. The summed E-state index contributed by atoms with van der Waals surface area (Å²) in [4.78, 5) is 34.0. The molecule has 0 bridgehead atoms. The summed E-state index contributed by atoms with van der Waals surface area (Å²) in [6.07, 6.45) is 2.63. The molecule has 0 spiro atoms. The number of carboxylic acids is 1. The number of hydrogen-bond donors (Lipinski definition) is 2. The zero-order chi connectivity index (χ0) is 16.3. The monoisotopic (exact) mass is 306 g/mol. The van der Waals surface area contributed by atoms with Crippen molar-refractivity contribution in [2.24, 2.45) is 11.8 Å². The lowest BCUT2D eigenvalue weighted by Gasteiger charge is -2.27. The van der Waals surface area contributed by atoms with Crippen molar-refractivity contribution in [1.29, 1.82) is 0 Å². The number of anilines is 1. The van der Waals surface area contributed by atoms with E-state index in [0.717, 1.165) is 12.8 Å². The molecule has 0 aromatic heterocycles. The predicted octanol–water partition coefficient (Wildman–Crippen LogP) is 2.73. The molecule has 1 amide bonds. The van der Waals surface area contributed by atoms with Gasteiger partial charge in [0.05, 0.1) is 16.8 Å².